The highest BCUT2D eigenvalue weighted by Gasteiger charge is 2.27. The third-order valence-electron chi connectivity index (χ3n) is 4.26. The molecule has 8 heteroatoms. The zero-order valence-electron chi connectivity index (χ0n) is 14.3. The van der Waals surface area contributed by atoms with Crippen molar-refractivity contribution in [3.8, 4) is 0 Å². The number of carbonyl (C=O) groups excluding carboxylic acids is 2. The molecule has 0 bridgehead atoms. The molecule has 0 saturated carbocycles. The zero-order valence-corrected chi connectivity index (χ0v) is 16.7. The van der Waals surface area contributed by atoms with Crippen LogP contribution in [0.25, 0.3) is 0 Å². The van der Waals surface area contributed by atoms with Crippen LogP contribution in [0.15, 0.2) is 40.3 Å². The lowest BCUT2D eigenvalue weighted by molar-refractivity contribution is -0.125. The lowest BCUT2D eigenvalue weighted by Crippen LogP contribution is -2.45. The molecule has 0 aromatic carbocycles. The summed E-state index contributed by atoms with van der Waals surface area (Å²) in [6.07, 6.45) is 3.39. The van der Waals surface area contributed by atoms with E-state index in [4.69, 9.17) is 0 Å². The number of hydrogen-bond acceptors (Lipinski definition) is 5. The van der Waals surface area contributed by atoms with Crippen LogP contribution in [0.5, 0.6) is 0 Å². The zero-order chi connectivity index (χ0) is 18.4. The van der Waals surface area contributed by atoms with Crippen molar-refractivity contribution in [1.82, 2.24) is 15.2 Å². The average molecular weight is 437 g/mol. The molecule has 2 aromatic rings. The molecule has 2 amide bonds. The standard InChI is InChI=1S/C18H21BrN4O2S/c19-14-5-6-16(20-9-14)22-18(25)13-3-1-7-23(11-13)12-17(24)21-10-15-4-2-8-26-15/h2,4-6,8-9,13H,1,3,7,10-12H2,(H,21,24)(H,20,22,25). The van der Waals surface area contributed by atoms with E-state index in [1.165, 1.54) is 0 Å². The first-order chi connectivity index (χ1) is 12.6. The van der Waals surface area contributed by atoms with E-state index in [0.29, 0.717) is 25.5 Å². The summed E-state index contributed by atoms with van der Waals surface area (Å²) >= 11 is 4.95. The topological polar surface area (TPSA) is 74.3 Å². The Hall–Kier alpha value is -1.77. The van der Waals surface area contributed by atoms with Crippen LogP contribution in [0.2, 0.25) is 0 Å². The number of carbonyl (C=O) groups is 2. The summed E-state index contributed by atoms with van der Waals surface area (Å²) in [5, 5.41) is 7.79. The van der Waals surface area contributed by atoms with Crippen LogP contribution in [0.4, 0.5) is 5.82 Å². The Morgan fingerprint density at radius 3 is 2.96 bits per heavy atom. The Balaban J connectivity index is 1.46. The molecule has 6 nitrogen and oxygen atoms in total. The molecule has 2 N–H and O–H groups in total. The SMILES string of the molecule is O=C(CN1CCCC(C(=O)Nc2ccc(Br)cn2)C1)NCc1cccs1. The molecule has 1 fully saturated rings. The first-order valence-electron chi connectivity index (χ1n) is 8.54. The molecule has 1 atom stereocenters. The number of piperidine rings is 1. The maximum absolute atomic E-state index is 12.5. The molecule has 138 valence electrons. The predicted molar refractivity (Wildman–Crippen MR) is 106 cm³/mol. The number of aromatic nitrogens is 1. The van der Waals surface area contributed by atoms with Crippen molar-refractivity contribution in [3.05, 3.63) is 45.2 Å². The van der Waals surface area contributed by atoms with Gasteiger partial charge in [0.2, 0.25) is 11.8 Å². The van der Waals surface area contributed by atoms with Crippen molar-refractivity contribution >= 4 is 44.9 Å². The second kappa shape index (κ2) is 9.25. The van der Waals surface area contributed by atoms with Gasteiger partial charge in [-0.05, 0) is 58.9 Å². The number of hydrogen-bond donors (Lipinski definition) is 2. The Kier molecular flexibility index (Phi) is 6.76. The van der Waals surface area contributed by atoms with E-state index in [1.54, 1.807) is 23.6 Å². The van der Waals surface area contributed by atoms with Gasteiger partial charge in [-0.1, -0.05) is 6.07 Å². The molecule has 3 heterocycles. The second-order valence-corrected chi connectivity index (χ2v) is 8.23. The summed E-state index contributed by atoms with van der Waals surface area (Å²) in [5.74, 6) is 0.376. The van der Waals surface area contributed by atoms with Crippen molar-refractivity contribution in [2.75, 3.05) is 25.0 Å². The maximum atomic E-state index is 12.5. The van der Waals surface area contributed by atoms with Gasteiger partial charge in [0.25, 0.3) is 0 Å². The number of likely N-dealkylation sites (tertiary alicyclic amines) is 1. The highest BCUT2D eigenvalue weighted by molar-refractivity contribution is 9.10. The Morgan fingerprint density at radius 2 is 2.23 bits per heavy atom. The predicted octanol–water partition coefficient (Wildman–Crippen LogP) is 2.87. The third-order valence-corrected chi connectivity index (χ3v) is 5.61. The molecule has 1 aliphatic heterocycles. The quantitative estimate of drug-likeness (QED) is 0.729. The summed E-state index contributed by atoms with van der Waals surface area (Å²) in [4.78, 5) is 32.0. The minimum atomic E-state index is -0.126. The van der Waals surface area contributed by atoms with Crippen LogP contribution in [-0.4, -0.2) is 41.3 Å². The largest absolute Gasteiger partial charge is 0.350 e. The fourth-order valence-corrected chi connectivity index (χ4v) is 3.83. The van der Waals surface area contributed by atoms with E-state index in [-0.39, 0.29) is 17.7 Å². The molecule has 3 rings (SSSR count). The van der Waals surface area contributed by atoms with Gasteiger partial charge in [-0.2, -0.15) is 0 Å². The molecule has 0 radical (unpaired) electrons. The van der Waals surface area contributed by atoms with Crippen LogP contribution < -0.4 is 10.6 Å². The number of nitrogens with zero attached hydrogens (tertiary/aromatic N) is 2. The van der Waals surface area contributed by atoms with Crippen molar-refractivity contribution in [1.29, 1.82) is 0 Å². The summed E-state index contributed by atoms with van der Waals surface area (Å²) in [6, 6.07) is 7.58. The van der Waals surface area contributed by atoms with Gasteiger partial charge in [-0.25, -0.2) is 4.98 Å². The molecule has 26 heavy (non-hydrogen) atoms. The number of anilines is 1. The maximum Gasteiger partial charge on any atom is 0.234 e. The third kappa shape index (κ3) is 5.62. The van der Waals surface area contributed by atoms with Gasteiger partial charge in [0.05, 0.1) is 19.0 Å². The Labute approximate surface area is 165 Å². The van der Waals surface area contributed by atoms with Gasteiger partial charge in [0.1, 0.15) is 5.82 Å². The molecular weight excluding hydrogens is 416 g/mol. The van der Waals surface area contributed by atoms with Gasteiger partial charge in [-0.15, -0.1) is 11.3 Å². The van der Waals surface area contributed by atoms with E-state index < -0.39 is 0 Å². The molecule has 2 aromatic heterocycles. The number of halogens is 1. The summed E-state index contributed by atoms with van der Waals surface area (Å²) < 4.78 is 0.868. The van der Waals surface area contributed by atoms with Crippen LogP contribution in [-0.2, 0) is 16.1 Å². The Bertz CT molecular complexity index is 736. The molecule has 0 aliphatic carbocycles. The molecule has 1 aliphatic rings. The smallest absolute Gasteiger partial charge is 0.234 e. The van der Waals surface area contributed by atoms with E-state index in [0.717, 1.165) is 28.7 Å². The second-order valence-electron chi connectivity index (χ2n) is 6.28. The van der Waals surface area contributed by atoms with Crippen LogP contribution in [0.1, 0.15) is 17.7 Å². The van der Waals surface area contributed by atoms with Crippen molar-refractivity contribution in [3.63, 3.8) is 0 Å². The van der Waals surface area contributed by atoms with Gasteiger partial charge in [0, 0.05) is 22.1 Å². The normalized spacial score (nSPS) is 17.7. The summed E-state index contributed by atoms with van der Waals surface area (Å²) in [7, 11) is 0. The van der Waals surface area contributed by atoms with Gasteiger partial charge < -0.3 is 10.6 Å². The van der Waals surface area contributed by atoms with Crippen molar-refractivity contribution < 1.29 is 9.59 Å². The number of amides is 2. The number of rotatable bonds is 6. The highest BCUT2D eigenvalue weighted by atomic mass is 79.9. The Morgan fingerprint density at radius 1 is 1.35 bits per heavy atom. The molecule has 0 spiro atoms. The number of thiophene rings is 1. The summed E-state index contributed by atoms with van der Waals surface area (Å²) in [5.41, 5.74) is 0. The minimum Gasteiger partial charge on any atom is -0.350 e. The fourth-order valence-electron chi connectivity index (χ4n) is 2.95. The monoisotopic (exact) mass is 436 g/mol. The van der Waals surface area contributed by atoms with Crippen LogP contribution in [0, 0.1) is 5.92 Å². The number of pyridine rings is 1. The van der Waals surface area contributed by atoms with Crippen LogP contribution in [0.3, 0.4) is 0 Å². The molecule has 1 saturated heterocycles. The lowest BCUT2D eigenvalue weighted by Gasteiger charge is -2.31. The van der Waals surface area contributed by atoms with Crippen molar-refractivity contribution in [2.24, 2.45) is 5.92 Å². The van der Waals surface area contributed by atoms with Gasteiger partial charge in [0.15, 0.2) is 0 Å². The lowest BCUT2D eigenvalue weighted by atomic mass is 9.97. The highest BCUT2D eigenvalue weighted by Crippen LogP contribution is 2.19. The van der Waals surface area contributed by atoms with Gasteiger partial charge >= 0.3 is 0 Å². The average Bonchev–Trinajstić information content (AvgIpc) is 3.16. The minimum absolute atomic E-state index is 0.00552. The first-order valence-corrected chi connectivity index (χ1v) is 10.2. The van der Waals surface area contributed by atoms with E-state index >= 15 is 0 Å². The van der Waals surface area contributed by atoms with E-state index in [2.05, 4.69) is 31.5 Å². The first kappa shape index (κ1) is 19.0. The van der Waals surface area contributed by atoms with E-state index in [9.17, 15) is 9.59 Å². The number of nitrogens with one attached hydrogen (secondary N) is 2. The van der Waals surface area contributed by atoms with Gasteiger partial charge in [-0.3, -0.25) is 14.5 Å². The van der Waals surface area contributed by atoms with Crippen LogP contribution >= 0.6 is 27.3 Å². The molecule has 1 unspecified atom stereocenters. The summed E-state index contributed by atoms with van der Waals surface area (Å²) in [6.45, 7) is 2.32. The fraction of sp³-hybridized carbons (Fsp3) is 0.389. The molecular formula is C18H21BrN4O2S. The van der Waals surface area contributed by atoms with E-state index in [1.807, 2.05) is 28.5 Å². The van der Waals surface area contributed by atoms with Crippen molar-refractivity contribution in [2.45, 2.75) is 19.4 Å².